The van der Waals surface area contributed by atoms with E-state index in [4.69, 9.17) is 20.2 Å². The molecule has 0 fully saturated rings. The molecule has 2 aromatic heterocycles. The quantitative estimate of drug-likeness (QED) is 0.568. The van der Waals surface area contributed by atoms with Gasteiger partial charge in [0.1, 0.15) is 10.4 Å². The second-order valence-electron chi connectivity index (χ2n) is 6.99. The molecule has 1 atom stereocenters. The number of aromatic nitrogens is 2. The van der Waals surface area contributed by atoms with Gasteiger partial charge < -0.3 is 15.2 Å². The first-order chi connectivity index (χ1) is 13.5. The lowest BCUT2D eigenvalue weighted by atomic mass is 9.80. The minimum atomic E-state index is -0.453. The van der Waals surface area contributed by atoms with Crippen LogP contribution in [0, 0.1) is 0 Å². The Morgan fingerprint density at radius 3 is 2.93 bits per heavy atom. The molecule has 2 N–H and O–H groups in total. The summed E-state index contributed by atoms with van der Waals surface area (Å²) in [5.41, 5.74) is 11.4. The van der Waals surface area contributed by atoms with Gasteiger partial charge in [-0.1, -0.05) is 6.07 Å². The SMILES string of the molecule is CCOC(=O)C1=C(C)Oc2nc3c(c(N)c2[C@H]1c1cccnc1Br)CCCC3. The molecule has 0 spiro atoms. The fourth-order valence-electron chi connectivity index (χ4n) is 4.06. The minimum absolute atomic E-state index is 0.279. The van der Waals surface area contributed by atoms with Gasteiger partial charge in [-0.3, -0.25) is 0 Å². The zero-order valence-electron chi connectivity index (χ0n) is 15.9. The van der Waals surface area contributed by atoms with E-state index < -0.39 is 11.9 Å². The maximum Gasteiger partial charge on any atom is 0.338 e. The van der Waals surface area contributed by atoms with Crippen molar-refractivity contribution in [3.63, 3.8) is 0 Å². The summed E-state index contributed by atoms with van der Waals surface area (Å²) >= 11 is 3.53. The number of carbonyl (C=O) groups excluding carboxylic acids is 1. The smallest absolute Gasteiger partial charge is 0.338 e. The molecule has 0 saturated carbocycles. The van der Waals surface area contributed by atoms with E-state index in [1.807, 2.05) is 12.1 Å². The number of rotatable bonds is 3. The minimum Gasteiger partial charge on any atom is -0.463 e. The Morgan fingerprint density at radius 2 is 2.18 bits per heavy atom. The molecule has 3 heterocycles. The van der Waals surface area contributed by atoms with E-state index in [1.165, 1.54) is 0 Å². The summed E-state index contributed by atoms with van der Waals surface area (Å²) in [6.45, 7) is 3.83. The van der Waals surface area contributed by atoms with Gasteiger partial charge in [0, 0.05) is 17.6 Å². The number of hydrogen-bond acceptors (Lipinski definition) is 6. The van der Waals surface area contributed by atoms with Crippen molar-refractivity contribution in [2.24, 2.45) is 0 Å². The van der Waals surface area contributed by atoms with E-state index in [0.717, 1.165) is 48.1 Å². The molecule has 7 heteroatoms. The first kappa shape index (κ1) is 18.9. The standard InChI is InChI=1S/C21H22BrN3O3/c1-3-27-21(26)15-11(2)28-20-17(16(15)13-8-6-10-24-19(13)22)18(23)12-7-4-5-9-14(12)25-20/h6,8,10,16H,3-5,7,9H2,1-2H3,(H2,23,25)/t16-/m0/s1. The molecule has 0 saturated heterocycles. The lowest BCUT2D eigenvalue weighted by Crippen LogP contribution is -2.26. The second-order valence-corrected chi connectivity index (χ2v) is 7.74. The summed E-state index contributed by atoms with van der Waals surface area (Å²) in [4.78, 5) is 22.0. The van der Waals surface area contributed by atoms with Gasteiger partial charge in [0.15, 0.2) is 0 Å². The molecule has 0 unspecified atom stereocenters. The number of esters is 1. The van der Waals surface area contributed by atoms with Gasteiger partial charge >= 0.3 is 5.97 Å². The van der Waals surface area contributed by atoms with E-state index in [0.29, 0.717) is 27.5 Å². The van der Waals surface area contributed by atoms with E-state index in [2.05, 4.69) is 20.9 Å². The molecule has 146 valence electrons. The summed E-state index contributed by atoms with van der Waals surface area (Å²) < 4.78 is 12.0. The van der Waals surface area contributed by atoms with Crippen molar-refractivity contribution in [2.75, 3.05) is 12.3 Å². The van der Waals surface area contributed by atoms with Gasteiger partial charge in [-0.25, -0.2) is 14.8 Å². The summed E-state index contributed by atoms with van der Waals surface area (Å²) in [5.74, 6) is 0.0907. The van der Waals surface area contributed by atoms with Crippen LogP contribution in [-0.2, 0) is 22.4 Å². The van der Waals surface area contributed by atoms with Gasteiger partial charge in [0.2, 0.25) is 5.88 Å². The number of allylic oxidation sites excluding steroid dienone is 1. The molecular formula is C21H22BrN3O3. The van der Waals surface area contributed by atoms with Crippen LogP contribution in [0.3, 0.4) is 0 Å². The van der Waals surface area contributed by atoms with E-state index in [-0.39, 0.29) is 6.61 Å². The number of hydrogen-bond donors (Lipinski definition) is 1. The molecule has 0 aromatic carbocycles. The number of fused-ring (bicyclic) bond motifs is 2. The summed E-state index contributed by atoms with van der Waals surface area (Å²) in [6, 6.07) is 3.78. The van der Waals surface area contributed by atoms with Crippen molar-refractivity contribution in [3.05, 3.63) is 56.6 Å². The van der Waals surface area contributed by atoms with Crippen LogP contribution >= 0.6 is 15.9 Å². The summed E-state index contributed by atoms with van der Waals surface area (Å²) in [5, 5.41) is 0. The van der Waals surface area contributed by atoms with Crippen molar-refractivity contribution < 1.29 is 14.3 Å². The van der Waals surface area contributed by atoms with Crippen molar-refractivity contribution >= 4 is 27.6 Å². The Hall–Kier alpha value is -2.41. The fraction of sp³-hybridized carbons (Fsp3) is 0.381. The average molecular weight is 444 g/mol. The van der Waals surface area contributed by atoms with Crippen LogP contribution in [-0.4, -0.2) is 22.5 Å². The molecule has 6 nitrogen and oxygen atoms in total. The molecule has 2 aromatic rings. The molecule has 0 bridgehead atoms. The van der Waals surface area contributed by atoms with Gasteiger partial charge in [-0.15, -0.1) is 0 Å². The van der Waals surface area contributed by atoms with Gasteiger partial charge in [0.25, 0.3) is 0 Å². The maximum absolute atomic E-state index is 12.9. The summed E-state index contributed by atoms with van der Waals surface area (Å²) in [7, 11) is 0. The normalized spacial score (nSPS) is 18.2. The van der Waals surface area contributed by atoms with Crippen molar-refractivity contribution in [2.45, 2.75) is 45.4 Å². The van der Waals surface area contributed by atoms with Crippen molar-refractivity contribution in [1.29, 1.82) is 0 Å². The topological polar surface area (TPSA) is 87.3 Å². The van der Waals surface area contributed by atoms with Crippen molar-refractivity contribution in [3.8, 4) is 5.88 Å². The van der Waals surface area contributed by atoms with Gasteiger partial charge in [-0.05, 0) is 72.7 Å². The molecule has 0 radical (unpaired) electrons. The van der Waals surface area contributed by atoms with E-state index in [9.17, 15) is 4.79 Å². The second kappa shape index (κ2) is 7.54. The highest BCUT2D eigenvalue weighted by atomic mass is 79.9. The predicted octanol–water partition coefficient (Wildman–Crippen LogP) is 4.06. The number of aryl methyl sites for hydroxylation is 1. The highest BCUT2D eigenvalue weighted by Gasteiger charge is 2.39. The van der Waals surface area contributed by atoms with Crippen LogP contribution in [0.15, 0.2) is 34.3 Å². The molecule has 28 heavy (non-hydrogen) atoms. The van der Waals surface area contributed by atoms with Crippen LogP contribution in [0.2, 0.25) is 0 Å². The molecule has 2 aliphatic rings. The van der Waals surface area contributed by atoms with Crippen LogP contribution < -0.4 is 10.5 Å². The van der Waals surface area contributed by atoms with Crippen molar-refractivity contribution in [1.82, 2.24) is 9.97 Å². The Kier molecular flexibility index (Phi) is 5.10. The number of nitrogens with two attached hydrogens (primary N) is 1. The zero-order chi connectivity index (χ0) is 19.8. The number of pyridine rings is 2. The number of nitrogens with zero attached hydrogens (tertiary/aromatic N) is 2. The highest BCUT2D eigenvalue weighted by Crippen LogP contribution is 2.48. The Bertz CT molecular complexity index is 987. The lowest BCUT2D eigenvalue weighted by molar-refractivity contribution is -0.139. The van der Waals surface area contributed by atoms with E-state index >= 15 is 0 Å². The first-order valence-corrected chi connectivity index (χ1v) is 10.3. The third-order valence-electron chi connectivity index (χ3n) is 5.32. The van der Waals surface area contributed by atoms with Crippen LogP contribution in [0.25, 0.3) is 0 Å². The monoisotopic (exact) mass is 443 g/mol. The molecule has 1 aliphatic carbocycles. The lowest BCUT2D eigenvalue weighted by Gasteiger charge is -2.32. The third-order valence-corrected chi connectivity index (χ3v) is 5.98. The highest BCUT2D eigenvalue weighted by molar-refractivity contribution is 9.10. The summed E-state index contributed by atoms with van der Waals surface area (Å²) in [6.07, 6.45) is 5.66. The van der Waals surface area contributed by atoms with Crippen LogP contribution in [0.1, 0.15) is 55.0 Å². The number of ether oxygens (including phenoxy) is 2. The number of anilines is 1. The maximum atomic E-state index is 12.9. The number of carbonyl (C=O) groups is 1. The Labute approximate surface area is 172 Å². The molecule has 4 rings (SSSR count). The van der Waals surface area contributed by atoms with Crippen LogP contribution in [0.4, 0.5) is 5.69 Å². The largest absolute Gasteiger partial charge is 0.463 e. The Morgan fingerprint density at radius 1 is 1.39 bits per heavy atom. The van der Waals surface area contributed by atoms with Gasteiger partial charge in [0.05, 0.1) is 23.7 Å². The van der Waals surface area contributed by atoms with Crippen LogP contribution in [0.5, 0.6) is 5.88 Å². The molecule has 1 aliphatic heterocycles. The first-order valence-electron chi connectivity index (χ1n) is 9.50. The van der Waals surface area contributed by atoms with E-state index in [1.54, 1.807) is 20.0 Å². The molecular weight excluding hydrogens is 422 g/mol. The predicted molar refractivity (Wildman–Crippen MR) is 109 cm³/mol. The number of halogens is 1. The zero-order valence-corrected chi connectivity index (χ0v) is 17.5. The third kappa shape index (κ3) is 3.07. The molecule has 0 amide bonds. The Balaban J connectivity index is 1.98. The van der Waals surface area contributed by atoms with Gasteiger partial charge in [-0.2, -0.15) is 0 Å². The fourth-order valence-corrected chi connectivity index (χ4v) is 4.54. The average Bonchev–Trinajstić information content (AvgIpc) is 2.68. The number of nitrogen functional groups attached to an aromatic ring is 1.